The number of rotatable bonds is 7. The van der Waals surface area contributed by atoms with Gasteiger partial charge in [-0.25, -0.2) is 4.79 Å². The monoisotopic (exact) mass is 426 g/mol. The number of carbonyl (C=O) groups excluding carboxylic acids is 3. The van der Waals surface area contributed by atoms with Crippen molar-refractivity contribution >= 4 is 26.2 Å². The predicted octanol–water partition coefficient (Wildman–Crippen LogP) is 1.70. The number of carbonyl (C=O) groups is 3. The lowest BCUT2D eigenvalue weighted by Crippen LogP contribution is -2.50. The fourth-order valence-electron chi connectivity index (χ4n) is 2.00. The zero-order chi connectivity index (χ0) is 21.6. The molecule has 1 amide bonds. The van der Waals surface area contributed by atoms with Gasteiger partial charge in [0, 0.05) is 12.0 Å². The van der Waals surface area contributed by atoms with E-state index in [0.717, 1.165) is 0 Å². The molecule has 28 heavy (non-hydrogen) atoms. The summed E-state index contributed by atoms with van der Waals surface area (Å²) in [5, 5.41) is 2.54. The van der Waals surface area contributed by atoms with Gasteiger partial charge in [0.2, 0.25) is 6.79 Å². The van der Waals surface area contributed by atoms with Gasteiger partial charge in [-0.1, -0.05) is 13.8 Å². The normalized spacial score (nSPS) is 24.2. The van der Waals surface area contributed by atoms with Gasteiger partial charge in [0.25, 0.3) is 5.91 Å². The summed E-state index contributed by atoms with van der Waals surface area (Å²) in [6.45, 7) is 7.71. The third-order valence-electron chi connectivity index (χ3n) is 3.42. The molecular formula is C16H29NO10P+. The van der Waals surface area contributed by atoms with Crippen LogP contribution in [0.2, 0.25) is 0 Å². The van der Waals surface area contributed by atoms with Crippen LogP contribution in [0.3, 0.4) is 0 Å². The summed E-state index contributed by atoms with van der Waals surface area (Å²) < 4.78 is 29.8. The van der Waals surface area contributed by atoms with E-state index in [9.17, 15) is 19.3 Å². The van der Waals surface area contributed by atoms with Crippen LogP contribution in [0.25, 0.3) is 0 Å². The van der Waals surface area contributed by atoms with E-state index in [1.54, 1.807) is 34.6 Å². The number of amides is 1. The van der Waals surface area contributed by atoms with E-state index in [2.05, 4.69) is 10.1 Å². The van der Waals surface area contributed by atoms with Crippen LogP contribution >= 0.6 is 8.17 Å². The quantitative estimate of drug-likeness (QED) is 0.351. The number of methoxy groups -OCH3 is 1. The Morgan fingerprint density at radius 1 is 1.29 bits per heavy atom. The Morgan fingerprint density at radius 3 is 2.50 bits per heavy atom. The molecule has 0 radical (unpaired) electrons. The molecule has 0 aromatic carbocycles. The van der Waals surface area contributed by atoms with Crippen molar-refractivity contribution in [1.29, 1.82) is 0 Å². The SMILES string of the molecule is COC(=O)CCNC(=O)[C@@H]1O[P+](O)(OCOC(=O)OC(C)(C)C)OCC1(C)C. The lowest BCUT2D eigenvalue weighted by molar-refractivity contribution is -0.147. The molecule has 0 aromatic rings. The Bertz CT molecular complexity index is 576. The van der Waals surface area contributed by atoms with Crippen LogP contribution in [0.4, 0.5) is 4.79 Å². The molecule has 1 aliphatic heterocycles. The summed E-state index contributed by atoms with van der Waals surface area (Å²) in [5.41, 5.74) is -1.53. The molecule has 0 saturated carbocycles. The van der Waals surface area contributed by atoms with E-state index < -0.39 is 50.1 Å². The molecule has 0 aliphatic carbocycles. The molecule has 1 heterocycles. The highest BCUT2D eigenvalue weighted by molar-refractivity contribution is 7.55. The van der Waals surface area contributed by atoms with Gasteiger partial charge in [0.1, 0.15) is 12.2 Å². The van der Waals surface area contributed by atoms with Gasteiger partial charge in [-0.15, -0.1) is 9.05 Å². The van der Waals surface area contributed by atoms with Crippen LogP contribution in [0.5, 0.6) is 0 Å². The average molecular weight is 426 g/mol. The van der Waals surface area contributed by atoms with Crippen LogP contribution in [0.1, 0.15) is 41.0 Å². The third kappa shape index (κ3) is 8.24. The van der Waals surface area contributed by atoms with Gasteiger partial charge in [0.05, 0.1) is 13.5 Å². The number of ether oxygens (including phenoxy) is 3. The molecule has 0 aromatic heterocycles. The second kappa shape index (κ2) is 9.80. The maximum absolute atomic E-state index is 12.4. The van der Waals surface area contributed by atoms with Crippen molar-refractivity contribution in [1.82, 2.24) is 5.32 Å². The molecule has 162 valence electrons. The Morgan fingerprint density at radius 2 is 1.93 bits per heavy atom. The third-order valence-corrected chi connectivity index (χ3v) is 4.79. The minimum absolute atomic E-state index is 0.00841. The molecule has 12 heteroatoms. The molecule has 1 unspecified atom stereocenters. The fraction of sp³-hybridized carbons (Fsp3) is 0.812. The molecule has 1 saturated heterocycles. The van der Waals surface area contributed by atoms with Crippen molar-refractivity contribution in [3.63, 3.8) is 0 Å². The number of hydrogen-bond donors (Lipinski definition) is 2. The Labute approximate surface area is 164 Å². The molecule has 2 atom stereocenters. The molecule has 2 N–H and O–H groups in total. The van der Waals surface area contributed by atoms with Crippen LogP contribution in [-0.4, -0.2) is 61.7 Å². The van der Waals surface area contributed by atoms with Gasteiger partial charge in [-0.2, -0.15) is 9.42 Å². The van der Waals surface area contributed by atoms with Crippen molar-refractivity contribution in [2.75, 3.05) is 27.1 Å². The van der Waals surface area contributed by atoms with E-state index >= 15 is 0 Å². The largest absolute Gasteiger partial charge is 0.576 e. The summed E-state index contributed by atoms with van der Waals surface area (Å²) in [4.78, 5) is 45.4. The first-order valence-electron chi connectivity index (χ1n) is 8.57. The van der Waals surface area contributed by atoms with E-state index in [0.29, 0.717) is 0 Å². The lowest BCUT2D eigenvalue weighted by Gasteiger charge is -2.36. The first-order chi connectivity index (χ1) is 12.8. The minimum atomic E-state index is -3.90. The second-order valence-electron chi connectivity index (χ2n) is 7.69. The fourth-order valence-corrected chi connectivity index (χ4v) is 3.53. The highest BCUT2D eigenvalue weighted by Crippen LogP contribution is 2.63. The first-order valence-corrected chi connectivity index (χ1v) is 10.1. The summed E-state index contributed by atoms with van der Waals surface area (Å²) >= 11 is 0. The van der Waals surface area contributed by atoms with Crippen LogP contribution < -0.4 is 5.32 Å². The van der Waals surface area contributed by atoms with Crippen molar-refractivity contribution in [3.05, 3.63) is 0 Å². The maximum Gasteiger partial charge on any atom is 0.576 e. The minimum Gasteiger partial charge on any atom is -0.469 e. The number of hydrogen-bond acceptors (Lipinski definition) is 10. The molecular weight excluding hydrogens is 397 g/mol. The van der Waals surface area contributed by atoms with E-state index in [1.807, 2.05) is 0 Å². The van der Waals surface area contributed by atoms with Gasteiger partial charge in [-0.3, -0.25) is 9.59 Å². The molecule has 1 aliphatic rings. The van der Waals surface area contributed by atoms with Crippen molar-refractivity contribution in [2.45, 2.75) is 52.7 Å². The topological polar surface area (TPSA) is 139 Å². The molecule has 11 nitrogen and oxygen atoms in total. The lowest BCUT2D eigenvalue weighted by atomic mass is 9.87. The Kier molecular flexibility index (Phi) is 8.58. The van der Waals surface area contributed by atoms with Crippen molar-refractivity contribution < 1.29 is 47.1 Å². The summed E-state index contributed by atoms with van der Waals surface area (Å²) in [7, 11) is -2.66. The zero-order valence-electron chi connectivity index (χ0n) is 17.0. The molecule has 0 spiro atoms. The Hall–Kier alpha value is -1.52. The summed E-state index contributed by atoms with van der Waals surface area (Å²) in [5.74, 6) is -1.02. The van der Waals surface area contributed by atoms with Gasteiger partial charge in [-0.05, 0) is 20.8 Å². The standard InChI is InChI=1S/C16H28NO10P/c1-15(2,3)26-14(20)23-10-25-28(21)24-9-16(4,5)12(27-28)13(19)17-8-7-11(18)22-6/h12,21H,7-10H2,1-6H3/p+1/t12-,28?/m0/s1. The Balaban J connectivity index is 2.59. The van der Waals surface area contributed by atoms with E-state index in [1.165, 1.54) is 7.11 Å². The van der Waals surface area contributed by atoms with Gasteiger partial charge in [0.15, 0.2) is 6.10 Å². The predicted molar refractivity (Wildman–Crippen MR) is 96.7 cm³/mol. The maximum atomic E-state index is 12.4. The van der Waals surface area contributed by atoms with E-state index in [-0.39, 0.29) is 19.6 Å². The van der Waals surface area contributed by atoms with Crippen LogP contribution in [0, 0.1) is 5.41 Å². The average Bonchev–Trinajstić information content (AvgIpc) is 2.55. The van der Waals surface area contributed by atoms with E-state index in [4.69, 9.17) is 23.0 Å². The van der Waals surface area contributed by atoms with Gasteiger partial charge < -0.3 is 19.5 Å². The smallest absolute Gasteiger partial charge is 0.469 e. The summed E-state index contributed by atoms with van der Waals surface area (Å²) in [6, 6.07) is 0. The molecule has 1 rings (SSSR count). The zero-order valence-corrected chi connectivity index (χ0v) is 17.9. The first kappa shape index (κ1) is 24.5. The molecule has 0 bridgehead atoms. The van der Waals surface area contributed by atoms with Crippen molar-refractivity contribution in [3.8, 4) is 0 Å². The summed E-state index contributed by atoms with van der Waals surface area (Å²) in [6.07, 6.45) is -2.11. The highest BCUT2D eigenvalue weighted by Gasteiger charge is 2.59. The van der Waals surface area contributed by atoms with Crippen LogP contribution in [-0.2, 0) is 37.4 Å². The number of nitrogens with one attached hydrogen (secondary N) is 1. The van der Waals surface area contributed by atoms with Gasteiger partial charge >= 0.3 is 20.3 Å². The number of esters is 1. The second-order valence-corrected chi connectivity index (χ2v) is 9.35. The highest BCUT2D eigenvalue weighted by atomic mass is 31.2. The molecule has 1 fully saturated rings. The van der Waals surface area contributed by atoms with Crippen molar-refractivity contribution in [2.24, 2.45) is 5.41 Å². The van der Waals surface area contributed by atoms with Crippen LogP contribution in [0.15, 0.2) is 0 Å².